The second kappa shape index (κ2) is 14.5. The molecule has 0 N–H and O–H groups in total. The van der Waals surface area contributed by atoms with Crippen molar-refractivity contribution in [1.29, 1.82) is 0 Å². The normalized spacial score (nSPS) is 11.9. The van der Waals surface area contributed by atoms with Crippen LogP contribution in [0.4, 0.5) is 4.79 Å². The molecule has 3 aromatic rings. The van der Waals surface area contributed by atoms with Gasteiger partial charge in [-0.1, -0.05) is 29.8 Å². The van der Waals surface area contributed by atoms with Crippen molar-refractivity contribution in [3.63, 3.8) is 0 Å². The van der Waals surface area contributed by atoms with E-state index in [9.17, 15) is 18.0 Å². The fraction of sp³-hybridized carbons (Fsp3) is 0.321. The summed E-state index contributed by atoms with van der Waals surface area (Å²) in [5, 5.41) is 0.380. The van der Waals surface area contributed by atoms with Crippen LogP contribution in [0.3, 0.4) is 0 Å². The number of pyridine rings is 1. The van der Waals surface area contributed by atoms with E-state index in [1.165, 1.54) is 24.3 Å². The van der Waals surface area contributed by atoms with Gasteiger partial charge in [0.05, 0.1) is 18.1 Å². The fourth-order valence-electron chi connectivity index (χ4n) is 3.87. The van der Waals surface area contributed by atoms with Crippen LogP contribution in [0.25, 0.3) is 0 Å². The number of benzene rings is 2. The van der Waals surface area contributed by atoms with Crippen molar-refractivity contribution in [2.24, 2.45) is 0 Å². The van der Waals surface area contributed by atoms with Gasteiger partial charge in [0, 0.05) is 24.0 Å². The molecule has 2 aromatic carbocycles. The Kier molecular flexibility index (Phi) is 11.1. The number of amides is 1. The van der Waals surface area contributed by atoms with Gasteiger partial charge < -0.3 is 14.2 Å². The van der Waals surface area contributed by atoms with Gasteiger partial charge in [0.2, 0.25) is 0 Å². The van der Waals surface area contributed by atoms with Crippen LogP contribution in [-0.2, 0) is 30.7 Å². The Bertz CT molecular complexity index is 1320. The van der Waals surface area contributed by atoms with Gasteiger partial charge in [-0.2, -0.15) is 0 Å². The lowest BCUT2D eigenvalue weighted by molar-refractivity contribution is -0.145. The van der Waals surface area contributed by atoms with Gasteiger partial charge in [0.25, 0.3) is 10.0 Å². The number of carbonyl (C=O) groups excluding carboxylic acids is 2. The van der Waals surface area contributed by atoms with Crippen LogP contribution in [0.15, 0.2) is 78.0 Å². The lowest BCUT2D eigenvalue weighted by Gasteiger charge is -2.25. The minimum Gasteiger partial charge on any atom is -0.482 e. The van der Waals surface area contributed by atoms with Gasteiger partial charge in [0.1, 0.15) is 5.75 Å². The Labute approximate surface area is 233 Å². The van der Waals surface area contributed by atoms with E-state index in [1.54, 1.807) is 38.4 Å². The summed E-state index contributed by atoms with van der Waals surface area (Å²) in [6, 6.07) is 16.6. The molecule has 0 saturated heterocycles. The van der Waals surface area contributed by atoms with Crippen LogP contribution in [0.2, 0.25) is 5.02 Å². The summed E-state index contributed by atoms with van der Waals surface area (Å²) >= 11 is 5.92. The SMILES string of the molecule is CCOC(=O)COc1ccc(CC(CCN(C(=O)OCC)S(=O)(=O)c2ccc(Cl)cc2)c2cccnc2)cc1. The summed E-state index contributed by atoms with van der Waals surface area (Å²) in [6.45, 7) is 3.36. The van der Waals surface area contributed by atoms with Crippen LogP contribution in [0, 0.1) is 0 Å². The molecule has 0 saturated carbocycles. The Morgan fingerprint density at radius 2 is 1.67 bits per heavy atom. The van der Waals surface area contributed by atoms with E-state index in [-0.39, 0.29) is 37.2 Å². The minimum atomic E-state index is -4.18. The number of rotatable bonds is 13. The van der Waals surface area contributed by atoms with Gasteiger partial charge in [-0.3, -0.25) is 4.98 Å². The first kappa shape index (κ1) is 29.9. The highest BCUT2D eigenvalue weighted by molar-refractivity contribution is 7.89. The first-order valence-corrected chi connectivity index (χ1v) is 14.3. The predicted molar refractivity (Wildman–Crippen MR) is 146 cm³/mol. The van der Waals surface area contributed by atoms with Crippen LogP contribution >= 0.6 is 11.6 Å². The van der Waals surface area contributed by atoms with Crippen molar-refractivity contribution in [3.8, 4) is 5.75 Å². The molecule has 0 radical (unpaired) electrons. The Hall–Kier alpha value is -3.63. The molecule has 1 unspecified atom stereocenters. The standard InChI is InChI=1S/C28H31ClN2O7S/c1-3-36-27(32)20-38-25-11-7-21(8-12-25)18-22(23-6-5-16-30-19-23)15-17-31(28(33)37-4-2)39(34,35)26-13-9-24(29)10-14-26/h5-14,16,19,22H,3-4,15,17-18,20H2,1-2H3. The largest absolute Gasteiger partial charge is 0.482 e. The Morgan fingerprint density at radius 1 is 0.974 bits per heavy atom. The third-order valence-corrected chi connectivity index (χ3v) is 7.81. The summed E-state index contributed by atoms with van der Waals surface area (Å²) in [7, 11) is -4.18. The number of sulfonamides is 1. The minimum absolute atomic E-state index is 0.0299. The number of hydrogen-bond acceptors (Lipinski definition) is 8. The molecule has 208 valence electrons. The molecule has 11 heteroatoms. The molecule has 9 nitrogen and oxygen atoms in total. The quantitative estimate of drug-likeness (QED) is 0.255. The molecule has 3 rings (SSSR count). The van der Waals surface area contributed by atoms with E-state index < -0.39 is 22.1 Å². The summed E-state index contributed by atoms with van der Waals surface area (Å²) in [6.07, 6.45) is 3.30. The lowest BCUT2D eigenvalue weighted by Crippen LogP contribution is -2.38. The zero-order chi connectivity index (χ0) is 28.3. The van der Waals surface area contributed by atoms with Gasteiger partial charge in [-0.15, -0.1) is 0 Å². The van der Waals surface area contributed by atoms with Gasteiger partial charge >= 0.3 is 12.1 Å². The van der Waals surface area contributed by atoms with Crippen molar-refractivity contribution < 1.29 is 32.2 Å². The number of carbonyl (C=O) groups is 2. The topological polar surface area (TPSA) is 112 Å². The number of hydrogen-bond donors (Lipinski definition) is 0. The Balaban J connectivity index is 1.79. The number of halogens is 1. The molecule has 0 bridgehead atoms. The number of ether oxygens (including phenoxy) is 3. The van der Waals surface area contributed by atoms with E-state index in [4.69, 9.17) is 25.8 Å². The highest BCUT2D eigenvalue weighted by Gasteiger charge is 2.31. The van der Waals surface area contributed by atoms with Crippen LogP contribution < -0.4 is 4.74 Å². The van der Waals surface area contributed by atoms with Crippen LogP contribution in [0.1, 0.15) is 37.3 Å². The first-order valence-electron chi connectivity index (χ1n) is 12.5. The molecular formula is C28H31ClN2O7S. The maximum atomic E-state index is 13.4. The van der Waals surface area contributed by atoms with Crippen molar-refractivity contribution in [2.75, 3.05) is 26.4 Å². The van der Waals surface area contributed by atoms with Crippen LogP contribution in [-0.4, -0.2) is 56.1 Å². The van der Waals surface area contributed by atoms with E-state index in [2.05, 4.69) is 4.98 Å². The molecular weight excluding hydrogens is 544 g/mol. The molecule has 1 heterocycles. The third kappa shape index (κ3) is 8.69. The highest BCUT2D eigenvalue weighted by Crippen LogP contribution is 2.27. The van der Waals surface area contributed by atoms with E-state index in [0.717, 1.165) is 15.4 Å². The zero-order valence-corrected chi connectivity index (χ0v) is 23.4. The molecule has 39 heavy (non-hydrogen) atoms. The third-order valence-electron chi connectivity index (χ3n) is 5.78. The summed E-state index contributed by atoms with van der Waals surface area (Å²) in [5.74, 6) is -0.0902. The second-order valence-electron chi connectivity index (χ2n) is 8.44. The van der Waals surface area contributed by atoms with Gasteiger partial charge in [-0.25, -0.2) is 22.3 Å². The molecule has 0 aliphatic carbocycles. The summed E-state index contributed by atoms with van der Waals surface area (Å²) in [4.78, 5) is 28.5. The lowest BCUT2D eigenvalue weighted by atomic mass is 9.90. The highest BCUT2D eigenvalue weighted by atomic mass is 35.5. The fourth-order valence-corrected chi connectivity index (χ4v) is 5.32. The molecule has 0 fully saturated rings. The molecule has 0 aliphatic heterocycles. The number of nitrogens with zero attached hydrogens (tertiary/aromatic N) is 2. The maximum absolute atomic E-state index is 13.4. The van der Waals surface area contributed by atoms with Crippen molar-refractivity contribution >= 4 is 33.7 Å². The molecule has 1 amide bonds. The number of aromatic nitrogens is 1. The van der Waals surface area contributed by atoms with E-state index in [1.807, 2.05) is 24.3 Å². The van der Waals surface area contributed by atoms with E-state index in [0.29, 0.717) is 23.6 Å². The predicted octanol–water partition coefficient (Wildman–Crippen LogP) is 5.24. The Morgan fingerprint density at radius 3 is 2.28 bits per heavy atom. The average Bonchev–Trinajstić information content (AvgIpc) is 2.93. The molecule has 0 spiro atoms. The molecule has 1 aromatic heterocycles. The smallest absolute Gasteiger partial charge is 0.423 e. The molecule has 0 aliphatic rings. The van der Waals surface area contributed by atoms with Gasteiger partial charge in [0.15, 0.2) is 6.61 Å². The first-order chi connectivity index (χ1) is 18.7. The summed E-state index contributed by atoms with van der Waals surface area (Å²) < 4.78 is 42.9. The molecule has 1 atom stereocenters. The second-order valence-corrected chi connectivity index (χ2v) is 10.7. The van der Waals surface area contributed by atoms with E-state index >= 15 is 0 Å². The van der Waals surface area contributed by atoms with Gasteiger partial charge in [-0.05, 0) is 86.2 Å². The average molecular weight is 575 g/mol. The van der Waals surface area contributed by atoms with Crippen molar-refractivity contribution in [1.82, 2.24) is 9.29 Å². The van der Waals surface area contributed by atoms with Crippen molar-refractivity contribution in [3.05, 3.63) is 89.2 Å². The summed E-state index contributed by atoms with van der Waals surface area (Å²) in [5.41, 5.74) is 1.85. The van der Waals surface area contributed by atoms with Crippen molar-refractivity contribution in [2.45, 2.75) is 37.5 Å². The number of esters is 1. The monoisotopic (exact) mass is 574 g/mol. The zero-order valence-electron chi connectivity index (χ0n) is 21.8. The maximum Gasteiger partial charge on any atom is 0.423 e. The van der Waals surface area contributed by atoms with Crippen LogP contribution in [0.5, 0.6) is 5.75 Å².